The van der Waals surface area contributed by atoms with E-state index < -0.39 is 0 Å². The highest BCUT2D eigenvalue weighted by Gasteiger charge is 2.06. The molecule has 0 saturated heterocycles. The normalized spacial score (nSPS) is 10.6. The second-order valence-corrected chi connectivity index (χ2v) is 5.00. The van der Waals surface area contributed by atoms with Crippen molar-refractivity contribution in [2.24, 2.45) is 0 Å². The van der Waals surface area contributed by atoms with Crippen LogP contribution in [0.3, 0.4) is 0 Å². The van der Waals surface area contributed by atoms with Gasteiger partial charge in [-0.15, -0.1) is 0 Å². The van der Waals surface area contributed by atoms with Crippen molar-refractivity contribution in [2.75, 3.05) is 5.32 Å². The molecule has 0 saturated carbocycles. The standard InChI is InChI=1S/C16H18N2O2/c1-12(2)13-5-7-14(8-6-13)17-16(20)10-18-9-3-4-15(18)11-19/h3-9,11-12H,10H2,1-2H3,(H,17,20). The maximum absolute atomic E-state index is 11.9. The highest BCUT2D eigenvalue weighted by Crippen LogP contribution is 2.17. The van der Waals surface area contributed by atoms with Gasteiger partial charge in [-0.2, -0.15) is 0 Å². The lowest BCUT2D eigenvalue weighted by Crippen LogP contribution is -2.19. The first-order valence-electron chi connectivity index (χ1n) is 6.60. The number of hydrogen-bond acceptors (Lipinski definition) is 2. The molecule has 104 valence electrons. The summed E-state index contributed by atoms with van der Waals surface area (Å²) in [6.07, 6.45) is 2.45. The molecule has 2 aromatic rings. The molecular weight excluding hydrogens is 252 g/mol. The molecule has 2 rings (SSSR count). The second-order valence-electron chi connectivity index (χ2n) is 5.00. The average molecular weight is 270 g/mol. The maximum atomic E-state index is 11.9. The van der Waals surface area contributed by atoms with Crippen molar-refractivity contribution in [1.82, 2.24) is 4.57 Å². The van der Waals surface area contributed by atoms with Crippen LogP contribution in [0.15, 0.2) is 42.6 Å². The number of anilines is 1. The number of aromatic nitrogens is 1. The van der Waals surface area contributed by atoms with Crippen LogP contribution in [-0.4, -0.2) is 16.8 Å². The van der Waals surface area contributed by atoms with Gasteiger partial charge in [0.2, 0.25) is 5.91 Å². The first-order chi connectivity index (χ1) is 9.60. The van der Waals surface area contributed by atoms with E-state index in [9.17, 15) is 9.59 Å². The topological polar surface area (TPSA) is 51.1 Å². The molecule has 20 heavy (non-hydrogen) atoms. The summed E-state index contributed by atoms with van der Waals surface area (Å²) < 4.78 is 1.62. The Morgan fingerprint density at radius 3 is 2.55 bits per heavy atom. The zero-order valence-corrected chi connectivity index (χ0v) is 11.7. The van der Waals surface area contributed by atoms with Gasteiger partial charge in [-0.3, -0.25) is 9.59 Å². The third-order valence-electron chi connectivity index (χ3n) is 3.16. The lowest BCUT2D eigenvalue weighted by Gasteiger charge is -2.09. The number of carbonyl (C=O) groups is 2. The van der Waals surface area contributed by atoms with Gasteiger partial charge in [0.1, 0.15) is 6.54 Å². The Bertz CT molecular complexity index is 597. The largest absolute Gasteiger partial charge is 0.336 e. The second kappa shape index (κ2) is 6.19. The summed E-state index contributed by atoms with van der Waals surface area (Å²) in [5.74, 6) is 0.316. The smallest absolute Gasteiger partial charge is 0.244 e. The molecule has 0 spiro atoms. The number of carbonyl (C=O) groups excluding carboxylic acids is 2. The van der Waals surface area contributed by atoms with Gasteiger partial charge in [0.25, 0.3) is 0 Å². The van der Waals surface area contributed by atoms with Crippen LogP contribution in [0, 0.1) is 0 Å². The fourth-order valence-corrected chi connectivity index (χ4v) is 1.98. The molecule has 0 bridgehead atoms. The van der Waals surface area contributed by atoms with E-state index in [1.807, 2.05) is 24.3 Å². The van der Waals surface area contributed by atoms with E-state index in [0.717, 1.165) is 12.0 Å². The zero-order chi connectivity index (χ0) is 14.5. The Labute approximate surface area is 118 Å². The Morgan fingerprint density at radius 1 is 1.25 bits per heavy atom. The molecule has 1 heterocycles. The van der Waals surface area contributed by atoms with Gasteiger partial charge in [-0.25, -0.2) is 0 Å². The van der Waals surface area contributed by atoms with Crippen LogP contribution in [0.4, 0.5) is 5.69 Å². The number of nitrogens with one attached hydrogen (secondary N) is 1. The summed E-state index contributed by atoms with van der Waals surface area (Å²) in [7, 11) is 0. The summed E-state index contributed by atoms with van der Waals surface area (Å²) >= 11 is 0. The third kappa shape index (κ3) is 3.35. The van der Waals surface area contributed by atoms with E-state index in [1.54, 1.807) is 22.9 Å². The van der Waals surface area contributed by atoms with Crippen molar-refractivity contribution < 1.29 is 9.59 Å². The molecule has 0 fully saturated rings. The molecular formula is C16H18N2O2. The van der Waals surface area contributed by atoms with Crippen LogP contribution in [0.5, 0.6) is 0 Å². The Kier molecular flexibility index (Phi) is 4.35. The molecule has 4 heteroatoms. The lowest BCUT2D eigenvalue weighted by atomic mass is 10.0. The van der Waals surface area contributed by atoms with Crippen molar-refractivity contribution in [3.8, 4) is 0 Å². The van der Waals surface area contributed by atoms with Gasteiger partial charge in [-0.1, -0.05) is 26.0 Å². The van der Waals surface area contributed by atoms with Gasteiger partial charge in [0, 0.05) is 11.9 Å². The molecule has 1 N–H and O–H groups in total. The minimum atomic E-state index is -0.151. The number of amides is 1. The van der Waals surface area contributed by atoms with E-state index in [2.05, 4.69) is 19.2 Å². The van der Waals surface area contributed by atoms with E-state index in [0.29, 0.717) is 11.6 Å². The van der Waals surface area contributed by atoms with Crippen LogP contribution in [0.25, 0.3) is 0 Å². The van der Waals surface area contributed by atoms with Crippen LogP contribution in [0.2, 0.25) is 0 Å². The molecule has 0 radical (unpaired) electrons. The van der Waals surface area contributed by atoms with Crippen molar-refractivity contribution in [3.63, 3.8) is 0 Å². The summed E-state index contributed by atoms with van der Waals surface area (Å²) in [6, 6.07) is 11.2. The SMILES string of the molecule is CC(C)c1ccc(NC(=O)Cn2cccc2C=O)cc1. The van der Waals surface area contributed by atoms with Gasteiger partial charge < -0.3 is 9.88 Å². The van der Waals surface area contributed by atoms with Gasteiger partial charge in [-0.05, 0) is 35.7 Å². The van der Waals surface area contributed by atoms with Crippen molar-refractivity contribution in [3.05, 3.63) is 53.9 Å². The molecule has 4 nitrogen and oxygen atoms in total. The number of benzene rings is 1. The van der Waals surface area contributed by atoms with Crippen molar-refractivity contribution in [2.45, 2.75) is 26.3 Å². The Balaban J connectivity index is 1.99. The summed E-state index contributed by atoms with van der Waals surface area (Å²) in [5, 5.41) is 2.82. The van der Waals surface area contributed by atoms with E-state index in [1.165, 1.54) is 5.56 Å². The molecule has 1 aromatic carbocycles. The average Bonchev–Trinajstić information content (AvgIpc) is 2.86. The number of hydrogen-bond donors (Lipinski definition) is 1. The minimum absolute atomic E-state index is 0.132. The Morgan fingerprint density at radius 2 is 1.95 bits per heavy atom. The quantitative estimate of drug-likeness (QED) is 0.849. The summed E-state index contributed by atoms with van der Waals surface area (Å²) in [6.45, 7) is 4.38. The van der Waals surface area contributed by atoms with Crippen LogP contribution >= 0.6 is 0 Å². The highest BCUT2D eigenvalue weighted by atomic mass is 16.2. The molecule has 0 aliphatic rings. The predicted octanol–water partition coefficient (Wildman–Crippen LogP) is 3.06. The van der Waals surface area contributed by atoms with Gasteiger partial charge >= 0.3 is 0 Å². The molecule has 0 aliphatic carbocycles. The maximum Gasteiger partial charge on any atom is 0.244 e. The third-order valence-corrected chi connectivity index (χ3v) is 3.16. The summed E-state index contributed by atoms with van der Waals surface area (Å²) in [5.41, 5.74) is 2.49. The van der Waals surface area contributed by atoms with Crippen molar-refractivity contribution >= 4 is 17.9 Å². The van der Waals surface area contributed by atoms with Crippen LogP contribution in [-0.2, 0) is 11.3 Å². The minimum Gasteiger partial charge on any atom is -0.336 e. The van der Waals surface area contributed by atoms with Crippen LogP contribution in [0.1, 0.15) is 35.8 Å². The monoisotopic (exact) mass is 270 g/mol. The fourth-order valence-electron chi connectivity index (χ4n) is 1.98. The lowest BCUT2D eigenvalue weighted by molar-refractivity contribution is -0.116. The fraction of sp³-hybridized carbons (Fsp3) is 0.250. The zero-order valence-electron chi connectivity index (χ0n) is 11.7. The molecule has 1 amide bonds. The van der Waals surface area contributed by atoms with E-state index in [4.69, 9.17) is 0 Å². The van der Waals surface area contributed by atoms with Crippen LogP contribution < -0.4 is 5.32 Å². The summed E-state index contributed by atoms with van der Waals surface area (Å²) in [4.78, 5) is 22.7. The van der Waals surface area contributed by atoms with E-state index >= 15 is 0 Å². The number of aldehydes is 1. The molecule has 0 aliphatic heterocycles. The predicted molar refractivity (Wildman–Crippen MR) is 79.0 cm³/mol. The molecule has 0 atom stereocenters. The number of rotatable bonds is 5. The van der Waals surface area contributed by atoms with Crippen molar-refractivity contribution in [1.29, 1.82) is 0 Å². The Hall–Kier alpha value is -2.36. The highest BCUT2D eigenvalue weighted by molar-refractivity contribution is 5.91. The molecule has 1 aromatic heterocycles. The number of nitrogens with zero attached hydrogens (tertiary/aromatic N) is 1. The first-order valence-corrected chi connectivity index (χ1v) is 6.60. The van der Waals surface area contributed by atoms with Gasteiger partial charge in [0.15, 0.2) is 6.29 Å². The first kappa shape index (κ1) is 14.1. The van der Waals surface area contributed by atoms with Gasteiger partial charge in [0.05, 0.1) is 5.69 Å². The van der Waals surface area contributed by atoms with E-state index in [-0.39, 0.29) is 12.5 Å². The molecule has 0 unspecified atom stereocenters.